The first-order valence-corrected chi connectivity index (χ1v) is 3.29. The van der Waals surface area contributed by atoms with Gasteiger partial charge in [0, 0.05) is 0 Å². The fourth-order valence-corrected chi connectivity index (χ4v) is 0.970. The summed E-state index contributed by atoms with van der Waals surface area (Å²) in [5, 5.41) is 0. The average Bonchev–Trinajstić information content (AvgIpc) is 2.28. The summed E-state index contributed by atoms with van der Waals surface area (Å²) in [6.45, 7) is 1.25. The summed E-state index contributed by atoms with van der Waals surface area (Å²) < 4.78 is 40.9. The molecule has 0 saturated carbocycles. The normalized spacial score (nSPS) is 11.7. The fraction of sp³-hybridized carbons (Fsp3) is 0.286. The highest BCUT2D eigenvalue weighted by atomic mass is 19.4. The second kappa shape index (κ2) is 2.79. The molecule has 13 heavy (non-hydrogen) atoms. The molecular formula is C7H6F3NO2. The van der Waals surface area contributed by atoms with Crippen molar-refractivity contribution in [2.24, 2.45) is 5.73 Å². The Morgan fingerprint density at radius 2 is 2.08 bits per heavy atom. The van der Waals surface area contributed by atoms with Crippen LogP contribution in [0.15, 0.2) is 10.7 Å². The number of rotatable bonds is 1. The smallest absolute Gasteiger partial charge is 0.420 e. The molecule has 1 aromatic rings. The van der Waals surface area contributed by atoms with Gasteiger partial charge in [0.2, 0.25) is 0 Å². The molecule has 72 valence electrons. The summed E-state index contributed by atoms with van der Waals surface area (Å²) in [4.78, 5) is 10.6. The molecular weight excluding hydrogens is 187 g/mol. The second-order valence-corrected chi connectivity index (χ2v) is 2.44. The number of primary amides is 1. The number of hydrogen-bond acceptors (Lipinski definition) is 2. The molecule has 2 N–H and O–H groups in total. The van der Waals surface area contributed by atoms with Gasteiger partial charge >= 0.3 is 6.18 Å². The van der Waals surface area contributed by atoms with Crippen molar-refractivity contribution >= 4 is 5.91 Å². The Bertz CT molecular complexity index is 340. The SMILES string of the molecule is Cc1occ(C(F)(F)F)c1C(N)=O. The topological polar surface area (TPSA) is 56.2 Å². The summed E-state index contributed by atoms with van der Waals surface area (Å²) in [5.41, 5.74) is 3.03. The lowest BCUT2D eigenvalue weighted by Crippen LogP contribution is -2.17. The molecule has 0 unspecified atom stereocenters. The molecule has 0 spiro atoms. The van der Waals surface area contributed by atoms with Crippen molar-refractivity contribution < 1.29 is 22.4 Å². The van der Waals surface area contributed by atoms with Gasteiger partial charge in [-0.15, -0.1) is 0 Å². The van der Waals surface area contributed by atoms with Gasteiger partial charge in [0.15, 0.2) is 0 Å². The lowest BCUT2D eigenvalue weighted by atomic mass is 10.1. The molecule has 1 heterocycles. The third-order valence-electron chi connectivity index (χ3n) is 1.53. The highest BCUT2D eigenvalue weighted by molar-refractivity contribution is 5.95. The minimum absolute atomic E-state index is 0.125. The molecule has 0 radical (unpaired) electrons. The molecule has 0 atom stereocenters. The van der Waals surface area contributed by atoms with E-state index < -0.39 is 23.2 Å². The highest BCUT2D eigenvalue weighted by Crippen LogP contribution is 2.34. The van der Waals surface area contributed by atoms with Crippen LogP contribution in [0, 0.1) is 6.92 Å². The van der Waals surface area contributed by atoms with E-state index in [4.69, 9.17) is 5.73 Å². The first kappa shape index (κ1) is 9.63. The molecule has 0 saturated heterocycles. The van der Waals surface area contributed by atoms with E-state index in [2.05, 4.69) is 4.42 Å². The zero-order valence-electron chi connectivity index (χ0n) is 6.61. The third kappa shape index (κ3) is 1.66. The number of hydrogen-bond donors (Lipinski definition) is 1. The second-order valence-electron chi connectivity index (χ2n) is 2.44. The Morgan fingerprint density at radius 1 is 1.54 bits per heavy atom. The molecule has 0 aliphatic heterocycles. The third-order valence-corrected chi connectivity index (χ3v) is 1.53. The van der Waals surface area contributed by atoms with Gasteiger partial charge in [-0.2, -0.15) is 13.2 Å². The number of alkyl halides is 3. The molecule has 1 aromatic heterocycles. The Balaban J connectivity index is 3.31. The van der Waals surface area contributed by atoms with Crippen molar-refractivity contribution in [1.82, 2.24) is 0 Å². The van der Waals surface area contributed by atoms with Crippen LogP contribution in [0.4, 0.5) is 13.2 Å². The number of furan rings is 1. The maximum absolute atomic E-state index is 12.2. The first-order valence-electron chi connectivity index (χ1n) is 3.29. The molecule has 1 rings (SSSR count). The molecule has 6 heteroatoms. The van der Waals surface area contributed by atoms with Crippen LogP contribution in [0.5, 0.6) is 0 Å². The van der Waals surface area contributed by atoms with E-state index in [1.807, 2.05) is 0 Å². The maximum atomic E-state index is 12.2. The van der Waals surface area contributed by atoms with E-state index in [-0.39, 0.29) is 5.76 Å². The minimum atomic E-state index is -4.61. The average molecular weight is 193 g/mol. The number of aryl methyl sites for hydroxylation is 1. The Labute approximate surface area is 71.3 Å². The standard InChI is InChI=1S/C7H6F3NO2/c1-3-5(6(11)12)4(2-13-3)7(8,9)10/h2H,1H3,(H2,11,12). The van der Waals surface area contributed by atoms with E-state index in [1.165, 1.54) is 6.92 Å². The van der Waals surface area contributed by atoms with Crippen LogP contribution >= 0.6 is 0 Å². The number of amides is 1. The maximum Gasteiger partial charge on any atom is 0.420 e. The molecule has 1 amide bonds. The van der Waals surface area contributed by atoms with E-state index in [9.17, 15) is 18.0 Å². The van der Waals surface area contributed by atoms with Crippen molar-refractivity contribution in [3.05, 3.63) is 23.2 Å². The lowest BCUT2D eigenvalue weighted by molar-refractivity contribution is -0.138. The van der Waals surface area contributed by atoms with E-state index in [0.717, 1.165) is 0 Å². The zero-order valence-corrected chi connectivity index (χ0v) is 6.61. The van der Waals surface area contributed by atoms with Crippen molar-refractivity contribution in [2.45, 2.75) is 13.1 Å². The van der Waals surface area contributed by atoms with Gasteiger partial charge in [0.1, 0.15) is 17.6 Å². The van der Waals surface area contributed by atoms with Crippen LogP contribution in [0.2, 0.25) is 0 Å². The highest BCUT2D eigenvalue weighted by Gasteiger charge is 2.37. The number of nitrogens with two attached hydrogens (primary N) is 1. The summed E-state index contributed by atoms with van der Waals surface area (Å²) >= 11 is 0. The van der Waals surface area contributed by atoms with E-state index in [1.54, 1.807) is 0 Å². The Morgan fingerprint density at radius 3 is 2.38 bits per heavy atom. The van der Waals surface area contributed by atoms with Crippen LogP contribution in [0.3, 0.4) is 0 Å². The summed E-state index contributed by atoms with van der Waals surface area (Å²) in [7, 11) is 0. The van der Waals surface area contributed by atoms with E-state index in [0.29, 0.717) is 6.26 Å². The van der Waals surface area contributed by atoms with Crippen molar-refractivity contribution in [2.75, 3.05) is 0 Å². The van der Waals surface area contributed by atoms with Crippen LogP contribution in [-0.4, -0.2) is 5.91 Å². The summed E-state index contributed by atoms with van der Waals surface area (Å²) in [6.07, 6.45) is -4.13. The van der Waals surface area contributed by atoms with Gasteiger partial charge in [-0.05, 0) is 6.92 Å². The molecule has 3 nitrogen and oxygen atoms in total. The summed E-state index contributed by atoms with van der Waals surface area (Å²) in [6, 6.07) is 0. The molecule has 0 bridgehead atoms. The van der Waals surface area contributed by atoms with Gasteiger partial charge in [-0.25, -0.2) is 0 Å². The molecule has 0 aliphatic rings. The zero-order chi connectivity index (χ0) is 10.2. The van der Waals surface area contributed by atoms with Gasteiger partial charge in [-0.1, -0.05) is 0 Å². The van der Waals surface area contributed by atoms with Crippen molar-refractivity contribution in [3.63, 3.8) is 0 Å². The number of carbonyl (C=O) groups is 1. The van der Waals surface area contributed by atoms with Gasteiger partial charge in [0.05, 0.1) is 5.56 Å². The molecule has 0 aliphatic carbocycles. The van der Waals surface area contributed by atoms with Gasteiger partial charge in [-0.3, -0.25) is 4.79 Å². The van der Waals surface area contributed by atoms with Crippen molar-refractivity contribution in [1.29, 1.82) is 0 Å². The van der Waals surface area contributed by atoms with E-state index >= 15 is 0 Å². The first-order chi connectivity index (χ1) is 5.84. The van der Waals surface area contributed by atoms with Crippen LogP contribution < -0.4 is 5.73 Å². The van der Waals surface area contributed by atoms with Gasteiger partial charge in [0.25, 0.3) is 5.91 Å². The Hall–Kier alpha value is -1.46. The fourth-order valence-electron chi connectivity index (χ4n) is 0.970. The predicted octanol–water partition coefficient (Wildman–Crippen LogP) is 1.71. The number of halogens is 3. The molecule has 0 fully saturated rings. The molecule has 0 aromatic carbocycles. The largest absolute Gasteiger partial charge is 0.468 e. The van der Waals surface area contributed by atoms with Crippen LogP contribution in [0.25, 0.3) is 0 Å². The number of carbonyl (C=O) groups excluding carboxylic acids is 1. The predicted molar refractivity (Wildman–Crippen MR) is 37.0 cm³/mol. The van der Waals surface area contributed by atoms with Crippen LogP contribution in [0.1, 0.15) is 21.7 Å². The summed E-state index contributed by atoms with van der Waals surface area (Å²) in [5.74, 6) is -1.27. The van der Waals surface area contributed by atoms with Gasteiger partial charge < -0.3 is 10.2 Å². The Kier molecular flexibility index (Phi) is 2.07. The quantitative estimate of drug-likeness (QED) is 0.737. The minimum Gasteiger partial charge on any atom is -0.468 e. The lowest BCUT2D eigenvalue weighted by Gasteiger charge is -2.03. The van der Waals surface area contributed by atoms with Crippen LogP contribution in [-0.2, 0) is 6.18 Å². The van der Waals surface area contributed by atoms with Crippen molar-refractivity contribution in [3.8, 4) is 0 Å². The monoisotopic (exact) mass is 193 g/mol.